The van der Waals surface area contributed by atoms with Crippen LogP contribution in [0.3, 0.4) is 0 Å². The average Bonchev–Trinajstić information content (AvgIpc) is 0.784. The van der Waals surface area contributed by atoms with Crippen molar-refractivity contribution in [3.05, 3.63) is 62.8 Å². The summed E-state index contributed by atoms with van der Waals surface area (Å²) in [6, 6.07) is -1.35. The summed E-state index contributed by atoms with van der Waals surface area (Å²) in [5.74, 6) is -0.917. The van der Waals surface area contributed by atoms with E-state index in [9.17, 15) is 28.8 Å². The SMILES string of the molecule is C=CCOC(=O)OC[C@H]1O[C@@H](OC[C@H]2O[C@H](O)[C@@H](NC(=O)CC(=O)CCCCCCCCCCC)[C@@H](OCCCCCCCCCC)[C@@H]2OC(=O)OCC=C)[C@H](OCCCCCCCCCC/C=C\CCCCCC)[C@@H](OCC[C@H](CCCCCCC)OC)[C@@H]1OP(=O)(OCC=C)OCC=C. The first-order valence-corrected chi connectivity index (χ1v) is 40.8. The number of aliphatic hydroxyl groups excluding tert-OH is 1. The molecule has 21 nitrogen and oxygen atoms in total. The second-order valence-corrected chi connectivity index (χ2v) is 28.5. The maximum Gasteiger partial charge on any atom is 0.509 e. The summed E-state index contributed by atoms with van der Waals surface area (Å²) in [6.07, 6.45) is 34.6. The van der Waals surface area contributed by atoms with Crippen LogP contribution in [0.15, 0.2) is 62.8 Å². The highest BCUT2D eigenvalue weighted by Crippen LogP contribution is 2.53. The highest BCUT2D eigenvalue weighted by Gasteiger charge is 2.54. The minimum absolute atomic E-state index is 0.0662. The molecule has 2 rings (SSSR count). The van der Waals surface area contributed by atoms with E-state index in [-0.39, 0.29) is 64.6 Å². The second-order valence-electron chi connectivity index (χ2n) is 26.9. The Bertz CT molecular complexity index is 2170. The molecule has 2 aliphatic rings. The van der Waals surface area contributed by atoms with E-state index in [0.717, 1.165) is 148 Å². The second kappa shape index (κ2) is 63.4. The largest absolute Gasteiger partial charge is 0.509 e. The zero-order valence-corrected chi connectivity index (χ0v) is 64.3. The number of phosphoric ester groups is 1. The molecule has 1 amide bonds. The van der Waals surface area contributed by atoms with Crippen LogP contribution >= 0.6 is 7.82 Å². The highest BCUT2D eigenvalue weighted by molar-refractivity contribution is 7.48. The fourth-order valence-corrected chi connectivity index (χ4v) is 13.7. The van der Waals surface area contributed by atoms with Gasteiger partial charge < -0.3 is 62.5 Å². The van der Waals surface area contributed by atoms with E-state index in [1.165, 1.54) is 94.9 Å². The molecule has 0 aromatic heterocycles. The van der Waals surface area contributed by atoms with E-state index in [2.05, 4.69) is 71.5 Å². The fourth-order valence-electron chi connectivity index (χ4n) is 12.4. The summed E-state index contributed by atoms with van der Waals surface area (Å²) in [5.41, 5.74) is 0. The van der Waals surface area contributed by atoms with Crippen molar-refractivity contribution in [3.63, 3.8) is 0 Å². The first-order valence-electron chi connectivity index (χ1n) is 39.4. The lowest BCUT2D eigenvalue weighted by atomic mass is 9.95. The number of carbonyl (C=O) groups excluding carboxylic acids is 4. The predicted molar refractivity (Wildman–Crippen MR) is 398 cm³/mol. The minimum Gasteiger partial charge on any atom is -0.431 e. The van der Waals surface area contributed by atoms with Gasteiger partial charge in [0.1, 0.15) is 68.3 Å². The molecular formula is C79H140NO20P. The van der Waals surface area contributed by atoms with Gasteiger partial charge in [-0.3, -0.25) is 23.2 Å². The van der Waals surface area contributed by atoms with Crippen LogP contribution in [-0.2, 0) is 79.8 Å². The summed E-state index contributed by atoms with van der Waals surface area (Å²) in [4.78, 5) is 54.2. The Morgan fingerprint density at radius 3 is 1.46 bits per heavy atom. The van der Waals surface area contributed by atoms with Crippen molar-refractivity contribution < 1.29 is 94.5 Å². The zero-order chi connectivity index (χ0) is 73.7. The smallest absolute Gasteiger partial charge is 0.431 e. The van der Waals surface area contributed by atoms with Crippen molar-refractivity contribution in [2.24, 2.45) is 0 Å². The Morgan fingerprint density at radius 2 is 0.931 bits per heavy atom. The summed E-state index contributed by atoms with van der Waals surface area (Å²) < 4.78 is 102. The molecule has 22 heteroatoms. The van der Waals surface area contributed by atoms with Crippen molar-refractivity contribution in [2.45, 2.75) is 352 Å². The third-order valence-electron chi connectivity index (χ3n) is 18.1. The standard InChI is InChI=1S/C79H140NO20P/c1-10-18-22-26-29-32-33-34-35-36-37-38-40-43-47-51-60-89-75-74(90-61-54-66(87-9)53-49-44-25-21-13-4)72(100-101(86,95-57-16-7)96-58-17-8)68(64-94-78(84)91-55-14-5)98-77(75)93-63-67-71(99-79(85)92-56-15-6)73(88-59-50-46-42-31-28-24-20-12-3)70(76(83)97-67)80-69(82)62-65(81)52-48-45-41-39-30-27-23-19-11-2/h14-17,32-33,66-68,70-77,83H,5-8,10-13,18-31,34-64H2,1-4,9H3,(H,80,82)/b33-32-/t66-,67+,68+,70-,71+,72+,73+,74-,75+,76-,77+/m0/s1. The minimum atomic E-state index is -4.58. The number of nitrogens with one attached hydrogen (secondary N) is 1. The molecule has 0 aliphatic carbocycles. The van der Waals surface area contributed by atoms with Gasteiger partial charge in [-0.15, -0.1) is 13.2 Å². The molecule has 0 radical (unpaired) electrons. The van der Waals surface area contributed by atoms with Gasteiger partial charge in [0.05, 0.1) is 32.3 Å². The van der Waals surface area contributed by atoms with Crippen LogP contribution in [0.25, 0.3) is 0 Å². The Kier molecular flexibility index (Phi) is 58.6. The van der Waals surface area contributed by atoms with Crippen LogP contribution in [0.1, 0.15) is 285 Å². The van der Waals surface area contributed by atoms with Crippen LogP contribution in [0.2, 0.25) is 0 Å². The first-order chi connectivity index (χ1) is 49.3. The monoisotopic (exact) mass is 1450 g/mol. The number of carbonyl (C=O) groups is 4. The van der Waals surface area contributed by atoms with Crippen molar-refractivity contribution in [1.82, 2.24) is 5.32 Å². The summed E-state index contributed by atoms with van der Waals surface area (Å²) >= 11 is 0. The number of aliphatic hydroxyl groups is 1. The number of rotatable bonds is 69. The molecule has 2 fully saturated rings. The van der Waals surface area contributed by atoms with Crippen LogP contribution in [0.4, 0.5) is 9.59 Å². The highest BCUT2D eigenvalue weighted by atomic mass is 31.2. The molecule has 2 heterocycles. The van der Waals surface area contributed by atoms with Gasteiger partial charge in [-0.05, 0) is 57.8 Å². The lowest BCUT2D eigenvalue weighted by Gasteiger charge is -2.47. The lowest BCUT2D eigenvalue weighted by molar-refractivity contribution is -0.329. The summed E-state index contributed by atoms with van der Waals surface area (Å²) in [7, 11) is -2.92. The van der Waals surface area contributed by atoms with Gasteiger partial charge in [-0.2, -0.15) is 0 Å². The summed E-state index contributed by atoms with van der Waals surface area (Å²) in [5, 5.41) is 14.9. The van der Waals surface area contributed by atoms with Crippen LogP contribution in [0.5, 0.6) is 0 Å². The van der Waals surface area contributed by atoms with Crippen molar-refractivity contribution in [2.75, 3.05) is 66.6 Å². The molecule has 586 valence electrons. The zero-order valence-electron chi connectivity index (χ0n) is 63.4. The van der Waals surface area contributed by atoms with Gasteiger partial charge in [-0.25, -0.2) is 14.2 Å². The van der Waals surface area contributed by atoms with Crippen LogP contribution in [-0.4, -0.2) is 163 Å². The number of ketones is 1. The van der Waals surface area contributed by atoms with Gasteiger partial charge >= 0.3 is 20.1 Å². The molecule has 11 atom stereocenters. The number of unbranched alkanes of at least 4 members (excludes halogenated alkanes) is 31. The third kappa shape index (κ3) is 45.3. The molecule has 0 bridgehead atoms. The maximum absolute atomic E-state index is 14.9. The normalized spacial score (nSPS) is 21.0. The van der Waals surface area contributed by atoms with Crippen LogP contribution < -0.4 is 5.32 Å². The van der Waals surface area contributed by atoms with Crippen molar-refractivity contribution in [3.8, 4) is 0 Å². The van der Waals surface area contributed by atoms with Gasteiger partial charge in [0.15, 0.2) is 18.7 Å². The molecule has 2 N–H and O–H groups in total. The predicted octanol–water partition coefficient (Wildman–Crippen LogP) is 18.9. The van der Waals surface area contributed by atoms with E-state index in [1.807, 2.05) is 0 Å². The van der Waals surface area contributed by atoms with Gasteiger partial charge in [0, 0.05) is 33.4 Å². The van der Waals surface area contributed by atoms with E-state index in [1.54, 1.807) is 7.11 Å². The molecule has 0 spiro atoms. The molecule has 0 aromatic carbocycles. The Balaban J connectivity index is 2.73. The van der Waals surface area contributed by atoms with Crippen molar-refractivity contribution in [1.29, 1.82) is 0 Å². The topological polar surface area (TPSA) is 247 Å². The van der Waals surface area contributed by atoms with Crippen molar-refractivity contribution >= 4 is 31.8 Å². The lowest BCUT2D eigenvalue weighted by Crippen LogP contribution is -2.66. The van der Waals surface area contributed by atoms with Gasteiger partial charge in [0.2, 0.25) is 5.91 Å². The van der Waals surface area contributed by atoms with E-state index < -0.39 is 107 Å². The number of phosphoric acid groups is 1. The molecule has 2 saturated heterocycles. The molecule has 101 heavy (non-hydrogen) atoms. The maximum atomic E-state index is 14.9. The number of amides is 1. The van der Waals surface area contributed by atoms with Gasteiger partial charge in [0.25, 0.3) is 0 Å². The molecule has 0 saturated carbocycles. The number of hydrogen-bond donors (Lipinski definition) is 2. The molecular weight excluding hydrogens is 1310 g/mol. The number of methoxy groups -OCH3 is 1. The number of Topliss-reactive ketones (excluding diaryl/α,β-unsaturated/α-hetero) is 1. The van der Waals surface area contributed by atoms with E-state index in [0.29, 0.717) is 25.7 Å². The van der Waals surface area contributed by atoms with E-state index >= 15 is 0 Å². The van der Waals surface area contributed by atoms with Crippen LogP contribution in [0, 0.1) is 0 Å². The quantitative estimate of drug-likeness (QED) is 0.0189. The fraction of sp³-hybridized carbons (Fsp3) is 0.823. The van der Waals surface area contributed by atoms with E-state index in [4.69, 9.17) is 65.7 Å². The Labute approximate surface area is 610 Å². The molecule has 0 aromatic rings. The van der Waals surface area contributed by atoms with Gasteiger partial charge in [-0.1, -0.05) is 264 Å². The molecule has 0 unspecified atom stereocenters. The third-order valence-corrected chi connectivity index (χ3v) is 19.5. The molecule has 2 aliphatic heterocycles. The number of allylic oxidation sites excluding steroid dienone is 2. The summed E-state index contributed by atoms with van der Waals surface area (Å²) in [6.45, 7) is 22.0. The Hall–Kier alpha value is -3.83. The Morgan fingerprint density at radius 1 is 0.475 bits per heavy atom. The number of hydrogen-bond acceptors (Lipinski definition) is 20. The average molecular weight is 1450 g/mol. The first kappa shape index (κ1) is 93.3. The number of ether oxygens (including phenoxy) is 11.